The normalized spacial score (nSPS) is 18.4. The van der Waals surface area contributed by atoms with Gasteiger partial charge in [-0.3, -0.25) is 15.1 Å². The van der Waals surface area contributed by atoms with E-state index in [2.05, 4.69) is 9.88 Å². The number of methoxy groups -OCH3 is 1. The molecule has 1 aliphatic rings. The summed E-state index contributed by atoms with van der Waals surface area (Å²) in [5.74, 6) is 0. The summed E-state index contributed by atoms with van der Waals surface area (Å²) < 4.78 is 5.40. The van der Waals surface area contributed by atoms with Crippen molar-refractivity contribution < 1.29 is 9.66 Å². The van der Waals surface area contributed by atoms with Crippen LogP contribution in [-0.4, -0.2) is 36.2 Å². The molecule has 0 N–H and O–H groups in total. The van der Waals surface area contributed by atoms with Crippen LogP contribution in [0.1, 0.15) is 12.0 Å². The van der Waals surface area contributed by atoms with Crippen molar-refractivity contribution in [1.29, 1.82) is 0 Å². The minimum atomic E-state index is -0.336. The van der Waals surface area contributed by atoms with Crippen molar-refractivity contribution in [3.05, 3.63) is 40.1 Å². The number of aromatic nitrogens is 1. The van der Waals surface area contributed by atoms with Crippen LogP contribution in [0.5, 0.6) is 0 Å². The lowest BCUT2D eigenvalue weighted by Gasteiger charge is -2.22. The molecule has 1 aromatic carbocycles. The fraction of sp³-hybridized carbons (Fsp3) is 0.400. The largest absolute Gasteiger partial charge is 0.380 e. The van der Waals surface area contributed by atoms with Crippen LogP contribution in [0, 0.1) is 17.0 Å². The first-order valence-corrected chi connectivity index (χ1v) is 6.92. The second kappa shape index (κ2) is 5.29. The number of ether oxygens (including phenoxy) is 1. The Morgan fingerprint density at radius 1 is 1.48 bits per heavy atom. The van der Waals surface area contributed by atoms with Crippen molar-refractivity contribution in [3.63, 3.8) is 0 Å². The van der Waals surface area contributed by atoms with Crippen LogP contribution in [-0.2, 0) is 4.74 Å². The molecule has 0 unspecified atom stereocenters. The molecule has 0 aliphatic carbocycles. The number of anilines is 1. The molecule has 6 nitrogen and oxygen atoms in total. The van der Waals surface area contributed by atoms with Gasteiger partial charge in [0.2, 0.25) is 0 Å². The Bertz CT molecular complexity index is 702. The zero-order valence-electron chi connectivity index (χ0n) is 12.1. The Kier molecular flexibility index (Phi) is 3.47. The molecule has 0 bridgehead atoms. The maximum atomic E-state index is 11.3. The van der Waals surface area contributed by atoms with Gasteiger partial charge in [0.15, 0.2) is 0 Å². The van der Waals surface area contributed by atoms with Gasteiger partial charge in [0, 0.05) is 32.5 Å². The molecule has 1 atom stereocenters. The molecule has 0 amide bonds. The Morgan fingerprint density at radius 3 is 2.95 bits per heavy atom. The van der Waals surface area contributed by atoms with E-state index >= 15 is 0 Å². The summed E-state index contributed by atoms with van der Waals surface area (Å²) in [6, 6.07) is 5.03. The lowest BCUT2D eigenvalue weighted by molar-refractivity contribution is -0.383. The third kappa shape index (κ3) is 2.31. The summed E-state index contributed by atoms with van der Waals surface area (Å²) in [7, 11) is 1.70. The Balaban J connectivity index is 2.21. The number of non-ortho nitro benzene ring substituents is 1. The van der Waals surface area contributed by atoms with Crippen molar-refractivity contribution >= 4 is 22.3 Å². The third-order valence-corrected chi connectivity index (χ3v) is 4.02. The lowest BCUT2D eigenvalue weighted by atomic mass is 10.1. The fourth-order valence-electron chi connectivity index (χ4n) is 2.99. The van der Waals surface area contributed by atoms with Crippen LogP contribution in [0.4, 0.5) is 11.4 Å². The number of pyridine rings is 1. The highest BCUT2D eigenvalue weighted by Gasteiger charge is 2.27. The molecular formula is C15H17N3O3. The number of nitrogens with zero attached hydrogens (tertiary/aromatic N) is 3. The SMILES string of the molecule is CO[C@H]1CCN(c2c(C)cnc3cccc([N+](=O)[O-])c23)C1. The molecular weight excluding hydrogens is 270 g/mol. The van der Waals surface area contributed by atoms with Crippen LogP contribution in [0.2, 0.25) is 0 Å². The summed E-state index contributed by atoms with van der Waals surface area (Å²) in [6.07, 6.45) is 2.89. The highest BCUT2D eigenvalue weighted by Crippen LogP contribution is 2.37. The van der Waals surface area contributed by atoms with Gasteiger partial charge in [-0.2, -0.15) is 0 Å². The van der Waals surface area contributed by atoms with Crippen molar-refractivity contribution in [3.8, 4) is 0 Å². The predicted molar refractivity (Wildman–Crippen MR) is 80.8 cm³/mol. The molecule has 1 aliphatic heterocycles. The molecule has 3 rings (SSSR count). The van der Waals surface area contributed by atoms with Crippen molar-refractivity contribution in [2.75, 3.05) is 25.1 Å². The summed E-state index contributed by atoms with van der Waals surface area (Å²) in [6.45, 7) is 3.53. The van der Waals surface area contributed by atoms with Crippen LogP contribution in [0.15, 0.2) is 24.4 Å². The molecule has 0 radical (unpaired) electrons. The summed E-state index contributed by atoms with van der Waals surface area (Å²) >= 11 is 0. The predicted octanol–water partition coefficient (Wildman–Crippen LogP) is 2.68. The van der Waals surface area contributed by atoms with Crippen LogP contribution >= 0.6 is 0 Å². The van der Waals surface area contributed by atoms with E-state index in [1.165, 1.54) is 6.07 Å². The summed E-state index contributed by atoms with van der Waals surface area (Å²) in [4.78, 5) is 17.5. The monoisotopic (exact) mass is 287 g/mol. The van der Waals surface area contributed by atoms with Gasteiger partial charge in [0.25, 0.3) is 5.69 Å². The van der Waals surface area contributed by atoms with Gasteiger partial charge in [-0.25, -0.2) is 0 Å². The molecule has 1 fully saturated rings. The van der Waals surface area contributed by atoms with Crippen LogP contribution in [0.25, 0.3) is 10.9 Å². The van der Waals surface area contributed by atoms with E-state index in [1.807, 2.05) is 13.0 Å². The fourth-order valence-corrected chi connectivity index (χ4v) is 2.99. The van der Waals surface area contributed by atoms with Crippen molar-refractivity contribution in [2.45, 2.75) is 19.4 Å². The Morgan fingerprint density at radius 2 is 2.29 bits per heavy atom. The highest BCUT2D eigenvalue weighted by atomic mass is 16.6. The molecule has 6 heteroatoms. The average Bonchev–Trinajstić information content (AvgIpc) is 2.95. The topological polar surface area (TPSA) is 68.5 Å². The van der Waals surface area contributed by atoms with Crippen LogP contribution in [0.3, 0.4) is 0 Å². The van der Waals surface area contributed by atoms with Gasteiger partial charge in [-0.05, 0) is 25.0 Å². The molecule has 1 aromatic heterocycles. The van der Waals surface area contributed by atoms with Gasteiger partial charge in [0.1, 0.15) is 5.39 Å². The third-order valence-electron chi connectivity index (χ3n) is 4.02. The van der Waals surface area contributed by atoms with Crippen LogP contribution < -0.4 is 4.90 Å². The number of nitro groups is 1. The Hall–Kier alpha value is -2.21. The van der Waals surface area contributed by atoms with E-state index in [0.29, 0.717) is 10.9 Å². The Labute approximate surface area is 122 Å². The first-order chi connectivity index (χ1) is 10.1. The van der Waals surface area contributed by atoms with E-state index in [1.54, 1.807) is 19.4 Å². The number of aryl methyl sites for hydroxylation is 1. The summed E-state index contributed by atoms with van der Waals surface area (Å²) in [5.41, 5.74) is 2.63. The van der Waals surface area contributed by atoms with Gasteiger partial charge >= 0.3 is 0 Å². The molecule has 1 saturated heterocycles. The zero-order chi connectivity index (χ0) is 15.0. The second-order valence-corrected chi connectivity index (χ2v) is 5.31. The van der Waals surface area contributed by atoms with E-state index in [4.69, 9.17) is 4.74 Å². The quantitative estimate of drug-likeness (QED) is 0.641. The highest BCUT2D eigenvalue weighted by molar-refractivity contribution is 6.00. The molecule has 110 valence electrons. The number of nitro benzene ring substituents is 1. The van der Waals surface area contributed by atoms with Gasteiger partial charge < -0.3 is 9.64 Å². The zero-order valence-corrected chi connectivity index (χ0v) is 12.1. The molecule has 2 aromatic rings. The minimum Gasteiger partial charge on any atom is -0.380 e. The molecule has 0 saturated carbocycles. The number of fused-ring (bicyclic) bond motifs is 1. The number of hydrogen-bond donors (Lipinski definition) is 0. The molecule has 2 heterocycles. The maximum Gasteiger partial charge on any atom is 0.280 e. The average molecular weight is 287 g/mol. The van der Waals surface area contributed by atoms with E-state index in [-0.39, 0.29) is 16.7 Å². The second-order valence-electron chi connectivity index (χ2n) is 5.31. The van der Waals surface area contributed by atoms with Crippen molar-refractivity contribution in [1.82, 2.24) is 4.98 Å². The standard InChI is InChI=1S/C15H17N3O3/c1-10-8-16-12-4-3-5-13(18(19)20)14(12)15(10)17-7-6-11(9-17)21-2/h3-5,8,11H,6-7,9H2,1-2H3/t11-/m0/s1. The number of rotatable bonds is 3. The van der Waals surface area contributed by atoms with E-state index in [9.17, 15) is 10.1 Å². The molecule has 21 heavy (non-hydrogen) atoms. The summed E-state index contributed by atoms with van der Waals surface area (Å²) in [5, 5.41) is 12.0. The van der Waals surface area contributed by atoms with Gasteiger partial charge in [-0.15, -0.1) is 0 Å². The first-order valence-electron chi connectivity index (χ1n) is 6.92. The minimum absolute atomic E-state index is 0.111. The van der Waals surface area contributed by atoms with Gasteiger partial charge in [0.05, 0.1) is 22.2 Å². The van der Waals surface area contributed by atoms with Crippen molar-refractivity contribution in [2.24, 2.45) is 0 Å². The van der Waals surface area contributed by atoms with E-state index in [0.717, 1.165) is 30.8 Å². The smallest absolute Gasteiger partial charge is 0.280 e. The first kappa shape index (κ1) is 13.8. The maximum absolute atomic E-state index is 11.3. The van der Waals surface area contributed by atoms with E-state index < -0.39 is 0 Å². The number of hydrogen-bond acceptors (Lipinski definition) is 5. The number of benzene rings is 1. The molecule has 0 spiro atoms. The van der Waals surface area contributed by atoms with Gasteiger partial charge in [-0.1, -0.05) is 6.07 Å². The lowest BCUT2D eigenvalue weighted by Crippen LogP contribution is -2.23.